The lowest BCUT2D eigenvalue weighted by atomic mass is 10.4. The molecule has 0 spiro atoms. The zero-order valence-corrected chi connectivity index (χ0v) is 8.82. The predicted molar refractivity (Wildman–Crippen MR) is 52.6 cm³/mol. The van der Waals surface area contributed by atoms with E-state index in [4.69, 9.17) is 14.6 Å². The van der Waals surface area contributed by atoms with Crippen LogP contribution < -0.4 is 5.32 Å². The number of carboxylic acids is 1. The first-order valence-corrected chi connectivity index (χ1v) is 4.80. The topological polar surface area (TPSA) is 84.9 Å². The van der Waals surface area contributed by atoms with E-state index < -0.39 is 5.97 Å². The summed E-state index contributed by atoms with van der Waals surface area (Å²) in [6.45, 7) is 3.38. The Hall–Kier alpha value is -1.14. The molecule has 0 aromatic heterocycles. The molecule has 0 aliphatic carbocycles. The van der Waals surface area contributed by atoms with Crippen molar-refractivity contribution in [1.29, 1.82) is 0 Å². The summed E-state index contributed by atoms with van der Waals surface area (Å²) in [6.07, 6.45) is -0.0787. The van der Waals surface area contributed by atoms with Crippen molar-refractivity contribution in [2.45, 2.75) is 13.3 Å². The maximum Gasteiger partial charge on any atom is 0.305 e. The third-order valence-corrected chi connectivity index (χ3v) is 1.47. The third kappa shape index (κ3) is 10.8. The van der Waals surface area contributed by atoms with E-state index in [0.717, 1.165) is 0 Å². The molecule has 6 nitrogen and oxygen atoms in total. The van der Waals surface area contributed by atoms with Gasteiger partial charge in [0.1, 0.15) is 6.61 Å². The highest BCUT2D eigenvalue weighted by molar-refractivity contribution is 5.77. The number of carboxylic acid groups (broad SMARTS) is 1. The Morgan fingerprint density at radius 3 is 2.53 bits per heavy atom. The van der Waals surface area contributed by atoms with Gasteiger partial charge in [-0.15, -0.1) is 0 Å². The Labute approximate surface area is 88.6 Å². The SMILES string of the molecule is CCOCCOCC(=O)NCCC(=O)O. The summed E-state index contributed by atoms with van der Waals surface area (Å²) < 4.78 is 9.96. The van der Waals surface area contributed by atoms with Gasteiger partial charge < -0.3 is 19.9 Å². The molecule has 0 radical (unpaired) electrons. The van der Waals surface area contributed by atoms with Crippen LogP contribution in [0.4, 0.5) is 0 Å². The second kappa shape index (κ2) is 9.42. The van der Waals surface area contributed by atoms with Gasteiger partial charge in [0.25, 0.3) is 0 Å². The molecular weight excluding hydrogens is 202 g/mol. The maximum atomic E-state index is 11.0. The van der Waals surface area contributed by atoms with Crippen LogP contribution in [-0.2, 0) is 19.1 Å². The van der Waals surface area contributed by atoms with E-state index in [1.54, 1.807) is 0 Å². The molecule has 88 valence electrons. The van der Waals surface area contributed by atoms with Crippen LogP contribution >= 0.6 is 0 Å². The molecule has 0 aromatic rings. The molecule has 0 rings (SSSR count). The lowest BCUT2D eigenvalue weighted by Crippen LogP contribution is -2.30. The molecule has 0 unspecified atom stereocenters. The first-order valence-electron chi connectivity index (χ1n) is 4.80. The number of carbonyl (C=O) groups excluding carboxylic acids is 1. The van der Waals surface area contributed by atoms with E-state index in [1.165, 1.54) is 0 Å². The van der Waals surface area contributed by atoms with Crippen LogP contribution in [0.5, 0.6) is 0 Å². The molecule has 0 saturated heterocycles. The number of hydrogen-bond acceptors (Lipinski definition) is 4. The second-order valence-corrected chi connectivity index (χ2v) is 2.74. The predicted octanol–water partition coefficient (Wildman–Crippen LogP) is -0.370. The summed E-state index contributed by atoms with van der Waals surface area (Å²) in [5.74, 6) is -1.25. The second-order valence-electron chi connectivity index (χ2n) is 2.74. The largest absolute Gasteiger partial charge is 0.481 e. The van der Waals surface area contributed by atoms with Crippen molar-refractivity contribution in [1.82, 2.24) is 5.32 Å². The van der Waals surface area contributed by atoms with E-state index >= 15 is 0 Å². The van der Waals surface area contributed by atoms with Crippen LogP contribution in [0.25, 0.3) is 0 Å². The Kier molecular flexibility index (Phi) is 8.70. The number of ether oxygens (including phenoxy) is 2. The number of aliphatic carboxylic acids is 1. The summed E-state index contributed by atoms with van der Waals surface area (Å²) in [5, 5.41) is 10.7. The summed E-state index contributed by atoms with van der Waals surface area (Å²) in [7, 11) is 0. The van der Waals surface area contributed by atoms with Gasteiger partial charge in [-0.2, -0.15) is 0 Å². The van der Waals surface area contributed by atoms with Crippen molar-refractivity contribution in [3.63, 3.8) is 0 Å². The van der Waals surface area contributed by atoms with Crippen LogP contribution in [0.15, 0.2) is 0 Å². The number of amides is 1. The smallest absolute Gasteiger partial charge is 0.305 e. The fourth-order valence-corrected chi connectivity index (χ4v) is 0.787. The zero-order valence-electron chi connectivity index (χ0n) is 8.82. The number of hydrogen-bond donors (Lipinski definition) is 2. The van der Waals surface area contributed by atoms with Gasteiger partial charge >= 0.3 is 5.97 Å². The van der Waals surface area contributed by atoms with E-state index in [-0.39, 0.29) is 25.5 Å². The van der Waals surface area contributed by atoms with Crippen molar-refractivity contribution in [2.75, 3.05) is 33.0 Å². The maximum absolute atomic E-state index is 11.0. The summed E-state index contributed by atoms with van der Waals surface area (Å²) in [4.78, 5) is 21.1. The lowest BCUT2D eigenvalue weighted by molar-refractivity contribution is -0.137. The van der Waals surface area contributed by atoms with Gasteiger partial charge in [-0.3, -0.25) is 9.59 Å². The van der Waals surface area contributed by atoms with Crippen LogP contribution in [0.3, 0.4) is 0 Å². The fourth-order valence-electron chi connectivity index (χ4n) is 0.787. The van der Waals surface area contributed by atoms with Crippen LogP contribution in [0.2, 0.25) is 0 Å². The molecule has 0 fully saturated rings. The molecule has 15 heavy (non-hydrogen) atoms. The van der Waals surface area contributed by atoms with Crippen LogP contribution in [0, 0.1) is 0 Å². The Morgan fingerprint density at radius 2 is 1.93 bits per heavy atom. The minimum atomic E-state index is -0.937. The van der Waals surface area contributed by atoms with Gasteiger partial charge in [-0.25, -0.2) is 0 Å². The summed E-state index contributed by atoms with van der Waals surface area (Å²) in [6, 6.07) is 0. The highest BCUT2D eigenvalue weighted by Crippen LogP contribution is 1.80. The number of nitrogens with one attached hydrogen (secondary N) is 1. The Balaban J connectivity index is 3.22. The van der Waals surface area contributed by atoms with E-state index in [1.807, 2.05) is 6.92 Å². The van der Waals surface area contributed by atoms with E-state index in [2.05, 4.69) is 5.32 Å². The third-order valence-electron chi connectivity index (χ3n) is 1.47. The monoisotopic (exact) mass is 219 g/mol. The molecule has 6 heteroatoms. The van der Waals surface area contributed by atoms with Gasteiger partial charge in [-0.05, 0) is 6.92 Å². The average molecular weight is 219 g/mol. The van der Waals surface area contributed by atoms with Gasteiger partial charge in [0, 0.05) is 13.2 Å². The van der Waals surface area contributed by atoms with Crippen molar-refractivity contribution < 1.29 is 24.2 Å². The Morgan fingerprint density at radius 1 is 1.27 bits per heavy atom. The normalized spacial score (nSPS) is 9.93. The molecule has 0 saturated carbocycles. The standard InChI is InChI=1S/C9H17NO5/c1-2-14-5-6-15-7-8(11)10-4-3-9(12)13/h2-7H2,1H3,(H,10,11)(H,12,13). The van der Waals surface area contributed by atoms with Crippen LogP contribution in [-0.4, -0.2) is 50.0 Å². The molecule has 0 aliphatic heterocycles. The number of rotatable bonds is 9. The highest BCUT2D eigenvalue weighted by Gasteiger charge is 2.02. The van der Waals surface area contributed by atoms with Gasteiger partial charge in [0.15, 0.2) is 0 Å². The van der Waals surface area contributed by atoms with Gasteiger partial charge in [0.05, 0.1) is 19.6 Å². The molecule has 2 N–H and O–H groups in total. The minimum Gasteiger partial charge on any atom is -0.481 e. The lowest BCUT2D eigenvalue weighted by Gasteiger charge is -2.05. The molecule has 0 aliphatic rings. The van der Waals surface area contributed by atoms with Crippen LogP contribution in [0.1, 0.15) is 13.3 Å². The van der Waals surface area contributed by atoms with Crippen molar-refractivity contribution >= 4 is 11.9 Å². The minimum absolute atomic E-state index is 0.0628. The van der Waals surface area contributed by atoms with Crippen molar-refractivity contribution in [3.05, 3.63) is 0 Å². The Bertz CT molecular complexity index is 195. The average Bonchev–Trinajstić information content (AvgIpc) is 2.17. The molecule has 0 aromatic carbocycles. The van der Waals surface area contributed by atoms with Gasteiger partial charge in [-0.1, -0.05) is 0 Å². The molecular formula is C9H17NO5. The quantitative estimate of drug-likeness (QED) is 0.517. The fraction of sp³-hybridized carbons (Fsp3) is 0.778. The van der Waals surface area contributed by atoms with Crippen molar-refractivity contribution in [3.8, 4) is 0 Å². The molecule has 0 heterocycles. The van der Waals surface area contributed by atoms with Crippen molar-refractivity contribution in [2.24, 2.45) is 0 Å². The molecule has 1 amide bonds. The number of carbonyl (C=O) groups is 2. The van der Waals surface area contributed by atoms with E-state index in [0.29, 0.717) is 19.8 Å². The van der Waals surface area contributed by atoms with E-state index in [9.17, 15) is 9.59 Å². The summed E-state index contributed by atoms with van der Waals surface area (Å²) in [5.41, 5.74) is 0. The molecule has 0 bridgehead atoms. The summed E-state index contributed by atoms with van der Waals surface area (Å²) >= 11 is 0. The van der Waals surface area contributed by atoms with Gasteiger partial charge in [0.2, 0.25) is 5.91 Å². The highest BCUT2D eigenvalue weighted by atomic mass is 16.5. The molecule has 0 atom stereocenters. The first kappa shape index (κ1) is 13.9. The first-order chi connectivity index (χ1) is 7.16. The zero-order chi connectivity index (χ0) is 11.5.